The van der Waals surface area contributed by atoms with Gasteiger partial charge in [-0.05, 0) is 124 Å². The lowest BCUT2D eigenvalue weighted by Crippen LogP contribution is -2.52. The van der Waals surface area contributed by atoms with Gasteiger partial charge in [0.15, 0.2) is 0 Å². The summed E-state index contributed by atoms with van der Waals surface area (Å²) in [5, 5.41) is 9.49. The number of hydrogen-bond donors (Lipinski definition) is 1. The van der Waals surface area contributed by atoms with Gasteiger partial charge in [0.25, 0.3) is 0 Å². The van der Waals surface area contributed by atoms with Gasteiger partial charge in [-0.3, -0.25) is 9.79 Å². The number of carbonyl (C=O) groups excluding carboxylic acids is 1. The minimum Gasteiger partial charge on any atom is -0.491 e. The molecule has 1 aliphatic rings. The highest BCUT2D eigenvalue weighted by Crippen LogP contribution is 2.47. The van der Waals surface area contributed by atoms with E-state index in [4.69, 9.17) is 9.73 Å². The van der Waals surface area contributed by atoms with Crippen LogP contribution in [0.5, 0.6) is 5.75 Å². The average molecular weight is 577 g/mol. The van der Waals surface area contributed by atoms with Gasteiger partial charge in [0.1, 0.15) is 11.4 Å². The zero-order chi connectivity index (χ0) is 31.3. The molecule has 2 aromatic carbocycles. The van der Waals surface area contributed by atoms with Gasteiger partial charge in [0.05, 0.1) is 17.7 Å². The molecule has 0 spiro atoms. The summed E-state index contributed by atoms with van der Waals surface area (Å²) >= 11 is 0. The molecular formula is C36H52N2O4. The SMILES string of the molecule is C/C(=N\C1(N(C=O)C(CCC(C)(C)C)c2ccc(C(=O)O)cc2)CCC(C(C)(C)C)CC1)c1ccc(OC(C)C)cc1. The molecule has 0 heterocycles. The molecule has 1 atom stereocenters. The van der Waals surface area contributed by atoms with Crippen molar-refractivity contribution in [2.24, 2.45) is 21.7 Å². The summed E-state index contributed by atoms with van der Waals surface area (Å²) in [5.41, 5.74) is 2.64. The van der Waals surface area contributed by atoms with E-state index in [9.17, 15) is 14.7 Å². The van der Waals surface area contributed by atoms with Crippen LogP contribution in [-0.2, 0) is 4.79 Å². The van der Waals surface area contributed by atoms with Gasteiger partial charge in [-0.15, -0.1) is 0 Å². The third-order valence-corrected chi connectivity index (χ3v) is 8.67. The molecule has 1 amide bonds. The van der Waals surface area contributed by atoms with Crippen molar-refractivity contribution >= 4 is 18.1 Å². The van der Waals surface area contributed by atoms with E-state index in [0.717, 1.165) is 67.5 Å². The number of benzene rings is 2. The second-order valence-electron chi connectivity index (χ2n) is 14.6. The Kier molecular flexibility index (Phi) is 10.7. The Hall–Kier alpha value is -3.15. The average Bonchev–Trinajstić information content (AvgIpc) is 2.90. The Bertz CT molecular complexity index is 1210. The molecular weight excluding hydrogens is 524 g/mol. The van der Waals surface area contributed by atoms with Gasteiger partial charge in [-0.25, -0.2) is 4.79 Å². The van der Waals surface area contributed by atoms with E-state index >= 15 is 0 Å². The summed E-state index contributed by atoms with van der Waals surface area (Å²) < 4.78 is 5.84. The molecule has 0 saturated heterocycles. The molecule has 0 aliphatic heterocycles. The van der Waals surface area contributed by atoms with E-state index in [2.05, 4.69) is 41.5 Å². The second kappa shape index (κ2) is 13.4. The Morgan fingerprint density at radius 1 is 1.00 bits per heavy atom. The molecule has 0 radical (unpaired) electrons. The maximum absolute atomic E-state index is 13.2. The van der Waals surface area contributed by atoms with Crippen LogP contribution >= 0.6 is 0 Å². The molecule has 230 valence electrons. The lowest BCUT2D eigenvalue weighted by atomic mass is 9.69. The predicted octanol–water partition coefficient (Wildman–Crippen LogP) is 8.94. The Labute approximate surface area is 253 Å². The van der Waals surface area contributed by atoms with E-state index in [1.54, 1.807) is 12.1 Å². The maximum atomic E-state index is 13.2. The van der Waals surface area contributed by atoms with Crippen LogP contribution in [-0.4, -0.2) is 39.9 Å². The normalized spacial score (nSPS) is 20.7. The van der Waals surface area contributed by atoms with Gasteiger partial charge in [0, 0.05) is 5.71 Å². The van der Waals surface area contributed by atoms with E-state index in [0.29, 0.717) is 5.92 Å². The number of aliphatic imine (C=N–C) groups is 1. The molecule has 6 nitrogen and oxygen atoms in total. The van der Waals surface area contributed by atoms with E-state index in [1.165, 1.54) is 0 Å². The van der Waals surface area contributed by atoms with Crippen LogP contribution in [0.25, 0.3) is 0 Å². The molecule has 1 unspecified atom stereocenters. The molecule has 0 aromatic heterocycles. The quantitative estimate of drug-likeness (QED) is 0.214. The zero-order valence-electron chi connectivity index (χ0n) is 27.2. The van der Waals surface area contributed by atoms with Crippen molar-refractivity contribution < 1.29 is 19.4 Å². The number of nitrogens with zero attached hydrogens (tertiary/aromatic N) is 2. The fraction of sp³-hybridized carbons (Fsp3) is 0.583. The fourth-order valence-corrected chi connectivity index (χ4v) is 6.14. The third kappa shape index (κ3) is 8.68. The summed E-state index contributed by atoms with van der Waals surface area (Å²) in [5.74, 6) is 0.413. The van der Waals surface area contributed by atoms with Crippen molar-refractivity contribution in [3.8, 4) is 5.75 Å². The smallest absolute Gasteiger partial charge is 0.335 e. The number of hydrogen-bond acceptors (Lipinski definition) is 4. The second-order valence-corrected chi connectivity index (χ2v) is 14.6. The Morgan fingerprint density at radius 3 is 2.00 bits per heavy atom. The monoisotopic (exact) mass is 576 g/mol. The van der Waals surface area contributed by atoms with Gasteiger partial charge in [-0.2, -0.15) is 0 Å². The van der Waals surface area contributed by atoms with Crippen LogP contribution in [0.2, 0.25) is 0 Å². The summed E-state index contributed by atoms with van der Waals surface area (Å²) in [4.78, 5) is 32.2. The summed E-state index contributed by atoms with van der Waals surface area (Å²) in [6, 6.07) is 14.8. The number of carbonyl (C=O) groups is 2. The van der Waals surface area contributed by atoms with Crippen molar-refractivity contribution in [2.75, 3.05) is 0 Å². The Morgan fingerprint density at radius 2 is 1.55 bits per heavy atom. The molecule has 6 heteroatoms. The highest BCUT2D eigenvalue weighted by atomic mass is 16.5. The maximum Gasteiger partial charge on any atom is 0.335 e. The summed E-state index contributed by atoms with van der Waals surface area (Å²) in [6.07, 6.45) is 6.27. The van der Waals surface area contributed by atoms with Gasteiger partial charge < -0.3 is 14.7 Å². The molecule has 1 saturated carbocycles. The van der Waals surface area contributed by atoms with Gasteiger partial charge >= 0.3 is 5.97 Å². The van der Waals surface area contributed by atoms with E-state index in [-0.39, 0.29) is 28.5 Å². The Balaban J connectivity index is 2.09. The standard InChI is InChI=1S/C36H52N2O4/c1-25(2)42-31-16-14-27(15-17-31)26(3)37-36(22-18-30(19-23-36)35(7,8)9)38(24-39)32(20-21-34(4,5)6)28-10-12-29(13-11-28)33(40)41/h10-17,24-25,30,32H,18-23H2,1-9H3,(H,40,41)/b37-26+. The molecule has 2 aromatic rings. The molecule has 42 heavy (non-hydrogen) atoms. The number of rotatable bonds is 11. The lowest BCUT2D eigenvalue weighted by Gasteiger charge is -2.49. The highest BCUT2D eigenvalue weighted by Gasteiger charge is 2.45. The van der Waals surface area contributed by atoms with Crippen LogP contribution in [0.4, 0.5) is 0 Å². The van der Waals surface area contributed by atoms with Crippen molar-refractivity contribution in [1.82, 2.24) is 4.90 Å². The molecule has 0 bridgehead atoms. The molecule has 1 aliphatic carbocycles. The number of ether oxygens (including phenoxy) is 1. The van der Waals surface area contributed by atoms with Gasteiger partial charge in [-0.1, -0.05) is 53.7 Å². The third-order valence-electron chi connectivity index (χ3n) is 8.67. The van der Waals surface area contributed by atoms with Crippen molar-refractivity contribution in [2.45, 2.75) is 119 Å². The number of carboxylic acid groups (broad SMARTS) is 1. The fourth-order valence-electron chi connectivity index (χ4n) is 6.14. The predicted molar refractivity (Wildman–Crippen MR) is 171 cm³/mol. The minimum absolute atomic E-state index is 0.0733. The largest absolute Gasteiger partial charge is 0.491 e. The van der Waals surface area contributed by atoms with Crippen LogP contribution in [0.3, 0.4) is 0 Å². The number of carboxylic acids is 1. The van der Waals surface area contributed by atoms with Crippen LogP contribution < -0.4 is 4.74 Å². The van der Waals surface area contributed by atoms with Crippen LogP contribution in [0, 0.1) is 16.7 Å². The summed E-state index contributed by atoms with van der Waals surface area (Å²) in [7, 11) is 0. The molecule has 1 fully saturated rings. The van der Waals surface area contributed by atoms with Crippen molar-refractivity contribution in [3.63, 3.8) is 0 Å². The van der Waals surface area contributed by atoms with E-state index in [1.807, 2.05) is 62.1 Å². The lowest BCUT2D eigenvalue weighted by molar-refractivity contribution is -0.130. The molecule has 3 rings (SSSR count). The van der Waals surface area contributed by atoms with E-state index < -0.39 is 11.6 Å². The first-order valence-electron chi connectivity index (χ1n) is 15.5. The first-order chi connectivity index (χ1) is 19.5. The zero-order valence-corrected chi connectivity index (χ0v) is 27.2. The first-order valence-corrected chi connectivity index (χ1v) is 15.5. The van der Waals surface area contributed by atoms with Crippen molar-refractivity contribution in [3.05, 3.63) is 65.2 Å². The highest BCUT2D eigenvalue weighted by molar-refractivity contribution is 5.99. The van der Waals surface area contributed by atoms with Gasteiger partial charge in [0.2, 0.25) is 6.41 Å². The minimum atomic E-state index is -0.956. The number of aromatic carboxylic acids is 1. The van der Waals surface area contributed by atoms with Crippen LogP contribution in [0.15, 0.2) is 53.5 Å². The summed E-state index contributed by atoms with van der Waals surface area (Å²) in [6.45, 7) is 19.6. The van der Waals surface area contributed by atoms with Crippen LogP contribution in [0.1, 0.15) is 128 Å². The topological polar surface area (TPSA) is 79.2 Å². The van der Waals surface area contributed by atoms with Crippen molar-refractivity contribution in [1.29, 1.82) is 0 Å². The first kappa shape index (κ1) is 33.4. The molecule has 1 N–H and O–H groups in total. The number of amides is 1.